The van der Waals surface area contributed by atoms with Crippen molar-refractivity contribution in [2.45, 2.75) is 6.42 Å². The molecule has 0 saturated carbocycles. The summed E-state index contributed by atoms with van der Waals surface area (Å²) in [6, 6.07) is 10.8. The van der Waals surface area contributed by atoms with Crippen LogP contribution in [0.3, 0.4) is 0 Å². The van der Waals surface area contributed by atoms with Gasteiger partial charge in [0.15, 0.2) is 0 Å². The lowest BCUT2D eigenvalue weighted by atomic mass is 10.2. The van der Waals surface area contributed by atoms with Gasteiger partial charge in [-0.05, 0) is 36.4 Å². The van der Waals surface area contributed by atoms with Gasteiger partial charge in [0.1, 0.15) is 16.5 Å². The first-order valence-corrected chi connectivity index (χ1v) is 7.66. The van der Waals surface area contributed by atoms with Crippen molar-refractivity contribution in [2.24, 2.45) is 0 Å². The number of nitrogens with zero attached hydrogens (tertiary/aromatic N) is 4. The lowest BCUT2D eigenvalue weighted by Crippen LogP contribution is -2.22. The molecule has 114 valence electrons. The van der Waals surface area contributed by atoms with Crippen LogP contribution >= 0.6 is 11.3 Å². The number of hydrogen-bond acceptors (Lipinski definition) is 7. The van der Waals surface area contributed by atoms with Crippen LogP contribution in [0, 0.1) is 0 Å². The summed E-state index contributed by atoms with van der Waals surface area (Å²) in [5, 5.41) is 13.1. The molecule has 3 heterocycles. The van der Waals surface area contributed by atoms with Gasteiger partial charge in [0, 0.05) is 11.3 Å². The van der Waals surface area contributed by atoms with Crippen LogP contribution in [0.2, 0.25) is 0 Å². The maximum Gasteiger partial charge on any atom is 0.297 e. The van der Waals surface area contributed by atoms with E-state index in [1.165, 1.54) is 15.9 Å². The SMILES string of the molecule is Nc1ccc(-c2nn3c(=O)c(Cc4ccco4)nnc3s2)cc1. The zero-order chi connectivity index (χ0) is 15.8. The van der Waals surface area contributed by atoms with E-state index < -0.39 is 0 Å². The number of nitrogen functional groups attached to an aromatic ring is 1. The third-order valence-electron chi connectivity index (χ3n) is 3.33. The number of hydrogen-bond donors (Lipinski definition) is 1. The Morgan fingerprint density at radius 1 is 1.17 bits per heavy atom. The van der Waals surface area contributed by atoms with Crippen LogP contribution in [0.5, 0.6) is 0 Å². The molecular formula is C15H11N5O2S. The molecule has 2 N–H and O–H groups in total. The van der Waals surface area contributed by atoms with Gasteiger partial charge in [0.05, 0.1) is 12.7 Å². The van der Waals surface area contributed by atoms with Crippen molar-refractivity contribution in [3.8, 4) is 10.6 Å². The average molecular weight is 325 g/mol. The van der Waals surface area contributed by atoms with Gasteiger partial charge in [0.2, 0.25) is 4.96 Å². The van der Waals surface area contributed by atoms with Crippen molar-refractivity contribution >= 4 is 22.0 Å². The molecule has 0 saturated heterocycles. The van der Waals surface area contributed by atoms with Crippen molar-refractivity contribution in [3.05, 3.63) is 64.5 Å². The molecule has 0 spiro atoms. The fourth-order valence-corrected chi connectivity index (χ4v) is 3.02. The predicted molar refractivity (Wildman–Crippen MR) is 86.3 cm³/mol. The molecule has 4 rings (SSSR count). The summed E-state index contributed by atoms with van der Waals surface area (Å²) < 4.78 is 6.52. The second-order valence-electron chi connectivity index (χ2n) is 4.93. The quantitative estimate of drug-likeness (QED) is 0.578. The molecule has 0 radical (unpaired) electrons. The summed E-state index contributed by atoms with van der Waals surface area (Å²) in [5.74, 6) is 0.658. The summed E-state index contributed by atoms with van der Waals surface area (Å²) in [6.45, 7) is 0. The Morgan fingerprint density at radius 3 is 2.74 bits per heavy atom. The van der Waals surface area contributed by atoms with E-state index in [4.69, 9.17) is 10.2 Å². The summed E-state index contributed by atoms with van der Waals surface area (Å²) in [4.78, 5) is 12.9. The lowest BCUT2D eigenvalue weighted by molar-refractivity contribution is 0.517. The molecule has 7 nitrogen and oxygen atoms in total. The Hall–Kier alpha value is -3.00. The van der Waals surface area contributed by atoms with E-state index in [1.807, 2.05) is 12.1 Å². The van der Waals surface area contributed by atoms with Crippen molar-refractivity contribution in [1.29, 1.82) is 0 Å². The average Bonchev–Trinajstić information content (AvgIpc) is 3.20. The highest BCUT2D eigenvalue weighted by Gasteiger charge is 2.14. The van der Waals surface area contributed by atoms with Gasteiger partial charge in [-0.15, -0.1) is 10.2 Å². The fraction of sp³-hybridized carbons (Fsp3) is 0.0667. The zero-order valence-electron chi connectivity index (χ0n) is 11.8. The van der Waals surface area contributed by atoms with E-state index >= 15 is 0 Å². The zero-order valence-corrected chi connectivity index (χ0v) is 12.7. The monoisotopic (exact) mass is 325 g/mol. The second kappa shape index (κ2) is 5.33. The minimum absolute atomic E-state index is 0.288. The van der Waals surface area contributed by atoms with Crippen LogP contribution in [0.15, 0.2) is 51.9 Å². The Balaban J connectivity index is 1.78. The molecule has 0 aliphatic rings. The van der Waals surface area contributed by atoms with Gasteiger partial charge < -0.3 is 10.2 Å². The highest BCUT2D eigenvalue weighted by atomic mass is 32.1. The third kappa shape index (κ3) is 2.49. The Morgan fingerprint density at radius 2 is 2.00 bits per heavy atom. The molecular weight excluding hydrogens is 314 g/mol. The molecule has 0 amide bonds. The van der Waals surface area contributed by atoms with Gasteiger partial charge in [-0.3, -0.25) is 4.79 Å². The van der Waals surface area contributed by atoms with Crippen LogP contribution in [0.1, 0.15) is 11.5 Å². The molecule has 0 aliphatic heterocycles. The molecule has 0 fully saturated rings. The summed E-state index contributed by atoms with van der Waals surface area (Å²) in [5.41, 5.74) is 7.25. The molecule has 0 unspecified atom stereocenters. The van der Waals surface area contributed by atoms with E-state index in [0.717, 1.165) is 5.56 Å². The van der Waals surface area contributed by atoms with Gasteiger partial charge in [-0.25, -0.2) is 0 Å². The van der Waals surface area contributed by atoms with Gasteiger partial charge in [0.25, 0.3) is 5.56 Å². The van der Waals surface area contributed by atoms with E-state index in [1.54, 1.807) is 30.5 Å². The topological polar surface area (TPSA) is 99.3 Å². The Labute approximate surface area is 134 Å². The normalized spacial score (nSPS) is 11.1. The molecule has 0 aliphatic carbocycles. The fourth-order valence-electron chi connectivity index (χ4n) is 2.18. The minimum atomic E-state index is -0.288. The number of nitrogens with two attached hydrogens (primary N) is 1. The van der Waals surface area contributed by atoms with E-state index in [0.29, 0.717) is 27.1 Å². The molecule has 1 aromatic carbocycles. The minimum Gasteiger partial charge on any atom is -0.469 e. The van der Waals surface area contributed by atoms with Crippen molar-refractivity contribution in [3.63, 3.8) is 0 Å². The first-order valence-electron chi connectivity index (χ1n) is 6.84. The smallest absolute Gasteiger partial charge is 0.297 e. The Bertz CT molecular complexity index is 1020. The first kappa shape index (κ1) is 13.6. The molecule has 0 bridgehead atoms. The lowest BCUT2D eigenvalue weighted by Gasteiger charge is -1.96. The highest BCUT2D eigenvalue weighted by Crippen LogP contribution is 2.24. The van der Waals surface area contributed by atoms with Crippen molar-refractivity contribution < 1.29 is 4.42 Å². The molecule has 23 heavy (non-hydrogen) atoms. The largest absolute Gasteiger partial charge is 0.469 e. The van der Waals surface area contributed by atoms with Gasteiger partial charge in [-0.1, -0.05) is 11.3 Å². The number of anilines is 1. The van der Waals surface area contributed by atoms with Crippen LogP contribution in [-0.2, 0) is 6.42 Å². The van der Waals surface area contributed by atoms with Crippen molar-refractivity contribution in [1.82, 2.24) is 19.8 Å². The van der Waals surface area contributed by atoms with Crippen LogP contribution in [0.4, 0.5) is 5.69 Å². The maximum atomic E-state index is 12.5. The van der Waals surface area contributed by atoms with E-state index in [2.05, 4.69) is 15.3 Å². The third-order valence-corrected chi connectivity index (χ3v) is 4.28. The highest BCUT2D eigenvalue weighted by molar-refractivity contribution is 7.19. The number of furan rings is 1. The second-order valence-corrected chi connectivity index (χ2v) is 5.89. The summed E-state index contributed by atoms with van der Waals surface area (Å²) >= 11 is 1.30. The van der Waals surface area contributed by atoms with Crippen LogP contribution < -0.4 is 11.3 Å². The Kier molecular flexibility index (Phi) is 3.16. The molecule has 8 heteroatoms. The van der Waals surface area contributed by atoms with Crippen LogP contribution in [-0.4, -0.2) is 19.8 Å². The summed E-state index contributed by atoms with van der Waals surface area (Å²) in [6.07, 6.45) is 1.84. The number of benzene rings is 1. The first-order chi connectivity index (χ1) is 11.2. The summed E-state index contributed by atoms with van der Waals surface area (Å²) in [7, 11) is 0. The molecule has 0 atom stereocenters. The van der Waals surface area contributed by atoms with Crippen molar-refractivity contribution in [2.75, 3.05) is 5.73 Å². The molecule has 4 aromatic rings. The molecule has 3 aromatic heterocycles. The number of rotatable bonds is 3. The standard InChI is InChI=1S/C15H11N5O2S/c16-10-5-3-9(4-6-10)13-19-20-14(21)12(17-18-15(20)23-13)8-11-2-1-7-22-11/h1-7H,8,16H2. The number of aromatic nitrogens is 4. The van der Waals surface area contributed by atoms with Gasteiger partial charge in [-0.2, -0.15) is 9.61 Å². The van der Waals surface area contributed by atoms with Crippen LogP contribution in [0.25, 0.3) is 15.5 Å². The van der Waals surface area contributed by atoms with E-state index in [9.17, 15) is 4.79 Å². The number of fused-ring (bicyclic) bond motifs is 1. The van der Waals surface area contributed by atoms with Gasteiger partial charge >= 0.3 is 0 Å². The maximum absolute atomic E-state index is 12.5. The van der Waals surface area contributed by atoms with E-state index in [-0.39, 0.29) is 12.0 Å². The predicted octanol–water partition coefficient (Wildman–Crippen LogP) is 1.98.